The number of anilines is 1. The van der Waals surface area contributed by atoms with E-state index in [1.54, 1.807) is 0 Å². The third-order valence-corrected chi connectivity index (χ3v) is 4.68. The van der Waals surface area contributed by atoms with Crippen molar-refractivity contribution in [3.05, 3.63) is 24.3 Å². The first-order valence-electron chi connectivity index (χ1n) is 6.91. The zero-order chi connectivity index (χ0) is 12.8. The van der Waals surface area contributed by atoms with Gasteiger partial charge in [0.15, 0.2) is 0 Å². The molecule has 3 heteroatoms. The van der Waals surface area contributed by atoms with E-state index in [-0.39, 0.29) is 0 Å². The number of ether oxygens (including phenoxy) is 1. The van der Waals surface area contributed by atoms with Crippen LogP contribution in [0.3, 0.4) is 0 Å². The van der Waals surface area contributed by atoms with Gasteiger partial charge >= 0.3 is 0 Å². The van der Waals surface area contributed by atoms with Crippen molar-refractivity contribution >= 4 is 17.4 Å². The van der Waals surface area contributed by atoms with E-state index in [0.29, 0.717) is 11.3 Å². The summed E-state index contributed by atoms with van der Waals surface area (Å²) < 4.78 is 5.79. The maximum atomic E-state index is 5.79. The Labute approximate surface area is 114 Å². The predicted molar refractivity (Wildman–Crippen MR) is 80.8 cm³/mol. The minimum absolute atomic E-state index is 0.565. The van der Waals surface area contributed by atoms with E-state index in [9.17, 15) is 0 Å². The van der Waals surface area contributed by atoms with Crippen molar-refractivity contribution in [3.63, 3.8) is 0 Å². The van der Waals surface area contributed by atoms with Gasteiger partial charge in [0.25, 0.3) is 0 Å². The number of para-hydroxylation sites is 2. The molecule has 0 spiro atoms. The highest BCUT2D eigenvalue weighted by molar-refractivity contribution is 8.00. The topological polar surface area (TPSA) is 21.3 Å². The van der Waals surface area contributed by atoms with E-state index in [1.165, 1.54) is 18.6 Å². The summed E-state index contributed by atoms with van der Waals surface area (Å²) in [4.78, 5) is 0. The van der Waals surface area contributed by atoms with Crippen LogP contribution in [-0.4, -0.2) is 23.7 Å². The molecule has 0 radical (unpaired) electrons. The van der Waals surface area contributed by atoms with E-state index in [4.69, 9.17) is 4.74 Å². The Morgan fingerprint density at radius 1 is 1.39 bits per heavy atom. The fraction of sp³-hybridized carbons (Fsp3) is 0.600. The molecule has 18 heavy (non-hydrogen) atoms. The lowest BCUT2D eigenvalue weighted by molar-refractivity contribution is 0.318. The quantitative estimate of drug-likeness (QED) is 0.863. The molecule has 1 aliphatic rings. The van der Waals surface area contributed by atoms with Gasteiger partial charge < -0.3 is 10.1 Å². The first-order valence-corrected chi connectivity index (χ1v) is 7.96. The number of thioether (sulfide) groups is 1. The molecule has 1 N–H and O–H groups in total. The zero-order valence-electron chi connectivity index (χ0n) is 11.3. The third-order valence-electron chi connectivity index (χ3n) is 3.30. The number of rotatable bonds is 5. The molecule has 1 aromatic rings. The second kappa shape index (κ2) is 6.93. The zero-order valence-corrected chi connectivity index (χ0v) is 12.1. The van der Waals surface area contributed by atoms with E-state index >= 15 is 0 Å². The van der Waals surface area contributed by atoms with E-state index < -0.39 is 0 Å². The summed E-state index contributed by atoms with van der Waals surface area (Å²) >= 11 is 2.07. The van der Waals surface area contributed by atoms with Crippen LogP contribution < -0.4 is 10.1 Å². The molecule has 0 aliphatic carbocycles. The summed E-state index contributed by atoms with van der Waals surface area (Å²) in [6.07, 6.45) is 3.62. The molecule has 2 atom stereocenters. The first kappa shape index (κ1) is 13.6. The molecule has 2 rings (SSSR count). The minimum Gasteiger partial charge on any atom is -0.491 e. The maximum Gasteiger partial charge on any atom is 0.142 e. The van der Waals surface area contributed by atoms with E-state index in [1.807, 2.05) is 6.07 Å². The smallest absolute Gasteiger partial charge is 0.142 e. The molecule has 1 fully saturated rings. The molecule has 0 amide bonds. The highest BCUT2D eigenvalue weighted by atomic mass is 32.2. The molecular weight excluding hydrogens is 242 g/mol. The van der Waals surface area contributed by atoms with Gasteiger partial charge in [-0.05, 0) is 37.1 Å². The third kappa shape index (κ3) is 3.58. The number of nitrogens with one attached hydrogen (secondary N) is 1. The molecule has 100 valence electrons. The molecule has 1 aliphatic heterocycles. The molecule has 1 saturated heterocycles. The highest BCUT2D eigenvalue weighted by Gasteiger charge is 2.22. The Morgan fingerprint density at radius 3 is 3.00 bits per heavy atom. The van der Waals surface area contributed by atoms with Crippen LogP contribution in [0.25, 0.3) is 0 Å². The van der Waals surface area contributed by atoms with Crippen molar-refractivity contribution in [1.29, 1.82) is 0 Å². The van der Waals surface area contributed by atoms with Crippen LogP contribution >= 0.6 is 11.8 Å². The van der Waals surface area contributed by atoms with E-state index in [2.05, 4.69) is 49.1 Å². The van der Waals surface area contributed by atoms with Gasteiger partial charge in [0.1, 0.15) is 5.75 Å². The molecule has 1 aromatic carbocycles. The van der Waals surface area contributed by atoms with Gasteiger partial charge in [-0.2, -0.15) is 11.8 Å². The lowest BCUT2D eigenvalue weighted by Crippen LogP contribution is -2.32. The molecule has 2 nitrogen and oxygen atoms in total. The summed E-state index contributed by atoms with van der Waals surface area (Å²) in [5.74, 6) is 2.29. The minimum atomic E-state index is 0.565. The van der Waals surface area contributed by atoms with Gasteiger partial charge in [0, 0.05) is 11.3 Å². The summed E-state index contributed by atoms with van der Waals surface area (Å²) in [5, 5.41) is 4.34. The molecule has 1 heterocycles. The molecular formula is C15H23NOS. The fourth-order valence-electron chi connectivity index (χ4n) is 2.24. The lowest BCUT2D eigenvalue weighted by Gasteiger charge is -2.30. The van der Waals surface area contributed by atoms with E-state index in [0.717, 1.165) is 24.5 Å². The summed E-state index contributed by atoms with van der Waals surface area (Å²) in [6, 6.07) is 8.85. The highest BCUT2D eigenvalue weighted by Crippen LogP contribution is 2.31. The van der Waals surface area contributed by atoms with Crippen molar-refractivity contribution in [2.45, 2.75) is 44.4 Å². The van der Waals surface area contributed by atoms with Crippen LogP contribution in [0.1, 0.15) is 33.1 Å². The number of hydrogen-bond donors (Lipinski definition) is 1. The van der Waals surface area contributed by atoms with Crippen LogP contribution in [0.4, 0.5) is 5.69 Å². The van der Waals surface area contributed by atoms with Crippen LogP contribution in [0.2, 0.25) is 0 Å². The molecule has 2 unspecified atom stereocenters. The van der Waals surface area contributed by atoms with Gasteiger partial charge in [0.05, 0.1) is 12.3 Å². The molecule has 0 bridgehead atoms. The van der Waals surface area contributed by atoms with Crippen molar-refractivity contribution in [2.24, 2.45) is 0 Å². The second-order valence-corrected chi connectivity index (χ2v) is 6.30. The Hall–Kier alpha value is -0.830. The normalized spacial score (nSPS) is 23.7. The number of benzene rings is 1. The number of hydrogen-bond acceptors (Lipinski definition) is 3. The van der Waals surface area contributed by atoms with Crippen LogP contribution in [0.5, 0.6) is 5.75 Å². The Morgan fingerprint density at radius 2 is 2.22 bits per heavy atom. The average Bonchev–Trinajstić information content (AvgIpc) is 2.40. The summed E-state index contributed by atoms with van der Waals surface area (Å²) in [6.45, 7) is 5.24. The van der Waals surface area contributed by atoms with Crippen molar-refractivity contribution in [1.82, 2.24) is 0 Å². The van der Waals surface area contributed by atoms with Crippen molar-refractivity contribution in [2.75, 3.05) is 17.7 Å². The SMILES string of the molecule is CCCOc1ccccc1NC1CCCSC1C. The monoisotopic (exact) mass is 265 g/mol. The molecule has 0 saturated carbocycles. The fourth-order valence-corrected chi connectivity index (χ4v) is 3.38. The Bertz CT molecular complexity index is 369. The Kier molecular flexibility index (Phi) is 5.24. The van der Waals surface area contributed by atoms with Crippen LogP contribution in [0, 0.1) is 0 Å². The standard InChI is InChI=1S/C15H23NOS/c1-3-10-17-15-9-5-4-7-14(15)16-13-8-6-11-18-12(13)2/h4-5,7,9,12-13,16H,3,6,8,10-11H2,1-2H3. The van der Waals surface area contributed by atoms with Crippen LogP contribution in [-0.2, 0) is 0 Å². The summed E-state index contributed by atoms with van der Waals surface area (Å²) in [5.41, 5.74) is 1.14. The van der Waals surface area contributed by atoms with Gasteiger partial charge in [-0.1, -0.05) is 26.0 Å². The van der Waals surface area contributed by atoms with Gasteiger partial charge in [0.2, 0.25) is 0 Å². The first-order chi connectivity index (χ1) is 8.81. The van der Waals surface area contributed by atoms with Gasteiger partial charge in [-0.25, -0.2) is 0 Å². The Balaban J connectivity index is 2.03. The molecule has 0 aromatic heterocycles. The largest absolute Gasteiger partial charge is 0.491 e. The second-order valence-electron chi connectivity index (χ2n) is 4.81. The van der Waals surface area contributed by atoms with Gasteiger partial charge in [-0.3, -0.25) is 0 Å². The predicted octanol–water partition coefficient (Wildman–Crippen LogP) is 4.17. The maximum absolute atomic E-state index is 5.79. The summed E-state index contributed by atoms with van der Waals surface area (Å²) in [7, 11) is 0. The average molecular weight is 265 g/mol. The van der Waals surface area contributed by atoms with Gasteiger partial charge in [-0.15, -0.1) is 0 Å². The van der Waals surface area contributed by atoms with Crippen LogP contribution in [0.15, 0.2) is 24.3 Å². The lowest BCUT2D eigenvalue weighted by atomic mass is 10.1. The van der Waals surface area contributed by atoms with Crippen molar-refractivity contribution < 1.29 is 4.74 Å². The van der Waals surface area contributed by atoms with Crippen molar-refractivity contribution in [3.8, 4) is 5.75 Å².